The van der Waals surface area contributed by atoms with E-state index in [1.165, 1.54) is 0 Å². The molecule has 0 saturated heterocycles. The van der Waals surface area contributed by atoms with Gasteiger partial charge in [0.25, 0.3) is 0 Å². The highest BCUT2D eigenvalue weighted by molar-refractivity contribution is 5.80. The van der Waals surface area contributed by atoms with Crippen molar-refractivity contribution in [3.05, 3.63) is 47.7 Å². The van der Waals surface area contributed by atoms with Gasteiger partial charge in [-0.25, -0.2) is 4.98 Å². The molecule has 2 aromatic heterocycles. The molecule has 1 aromatic carbocycles. The minimum Gasteiger partial charge on any atom is -0.464 e. The fourth-order valence-electron chi connectivity index (χ4n) is 2.65. The van der Waals surface area contributed by atoms with Crippen molar-refractivity contribution in [2.24, 2.45) is 0 Å². The van der Waals surface area contributed by atoms with Gasteiger partial charge >= 0.3 is 0 Å². The Kier molecular flexibility index (Phi) is 3.01. The third-order valence-electron chi connectivity index (χ3n) is 3.66. The van der Waals surface area contributed by atoms with E-state index in [9.17, 15) is 0 Å². The Labute approximate surface area is 118 Å². The second kappa shape index (κ2) is 4.71. The average Bonchev–Trinajstić information content (AvgIpc) is 3.00. The zero-order valence-electron chi connectivity index (χ0n) is 12.1. The smallest absolute Gasteiger partial charge is 0.126 e. The lowest BCUT2D eigenvalue weighted by molar-refractivity contribution is 0.428. The summed E-state index contributed by atoms with van der Waals surface area (Å²) in [5.41, 5.74) is 8.63. The van der Waals surface area contributed by atoms with Crippen LogP contribution in [0.1, 0.15) is 37.2 Å². The van der Waals surface area contributed by atoms with Crippen LogP contribution in [0.4, 0.5) is 5.69 Å². The lowest BCUT2D eigenvalue weighted by Gasteiger charge is -2.15. The van der Waals surface area contributed by atoms with E-state index in [4.69, 9.17) is 10.2 Å². The van der Waals surface area contributed by atoms with Gasteiger partial charge in [0.05, 0.1) is 17.1 Å². The van der Waals surface area contributed by atoms with Crippen molar-refractivity contribution < 1.29 is 4.42 Å². The molecule has 0 bridgehead atoms. The summed E-state index contributed by atoms with van der Waals surface area (Å²) in [5, 5.41) is 0. The zero-order valence-corrected chi connectivity index (χ0v) is 12.1. The third kappa shape index (κ3) is 1.97. The molecule has 0 radical (unpaired) electrons. The summed E-state index contributed by atoms with van der Waals surface area (Å²) in [7, 11) is 0. The van der Waals surface area contributed by atoms with Crippen LogP contribution >= 0.6 is 0 Å². The molecule has 20 heavy (non-hydrogen) atoms. The van der Waals surface area contributed by atoms with Crippen molar-refractivity contribution in [1.29, 1.82) is 0 Å². The number of rotatable bonds is 3. The Hall–Kier alpha value is -2.23. The van der Waals surface area contributed by atoms with Crippen LogP contribution in [0.25, 0.3) is 11.0 Å². The van der Waals surface area contributed by atoms with Gasteiger partial charge in [-0.1, -0.05) is 6.92 Å². The Bertz CT molecular complexity index is 754. The summed E-state index contributed by atoms with van der Waals surface area (Å²) in [4.78, 5) is 4.69. The van der Waals surface area contributed by atoms with E-state index < -0.39 is 0 Å². The Morgan fingerprint density at radius 1 is 1.30 bits per heavy atom. The van der Waals surface area contributed by atoms with Crippen molar-refractivity contribution in [2.45, 2.75) is 33.2 Å². The van der Waals surface area contributed by atoms with Gasteiger partial charge in [-0.15, -0.1) is 0 Å². The number of furan rings is 1. The van der Waals surface area contributed by atoms with E-state index in [1.54, 1.807) is 0 Å². The number of aryl methyl sites for hydroxylation is 2. The van der Waals surface area contributed by atoms with Crippen LogP contribution in [0, 0.1) is 6.92 Å². The average molecular weight is 269 g/mol. The van der Waals surface area contributed by atoms with Crippen molar-refractivity contribution in [3.63, 3.8) is 0 Å². The molecule has 1 unspecified atom stereocenters. The summed E-state index contributed by atoms with van der Waals surface area (Å²) in [5.74, 6) is 2.93. The third-order valence-corrected chi connectivity index (χ3v) is 3.66. The quantitative estimate of drug-likeness (QED) is 0.738. The SMILES string of the molecule is CCc1nc2cc(N)ccc2n1C(C)c1ccc(C)o1. The number of nitrogens with two attached hydrogens (primary N) is 1. The van der Waals surface area contributed by atoms with Crippen molar-refractivity contribution in [3.8, 4) is 0 Å². The lowest BCUT2D eigenvalue weighted by Crippen LogP contribution is -2.09. The van der Waals surface area contributed by atoms with Crippen LogP contribution in [-0.4, -0.2) is 9.55 Å². The van der Waals surface area contributed by atoms with Crippen LogP contribution in [0.3, 0.4) is 0 Å². The first-order chi connectivity index (χ1) is 9.60. The summed E-state index contributed by atoms with van der Waals surface area (Å²) in [6.07, 6.45) is 0.874. The normalized spacial score (nSPS) is 12.9. The molecular weight excluding hydrogens is 250 g/mol. The topological polar surface area (TPSA) is 57.0 Å². The van der Waals surface area contributed by atoms with Crippen molar-refractivity contribution in [2.75, 3.05) is 5.73 Å². The van der Waals surface area contributed by atoms with E-state index in [2.05, 4.69) is 23.4 Å². The van der Waals surface area contributed by atoms with Crippen LogP contribution in [0.2, 0.25) is 0 Å². The number of aromatic nitrogens is 2. The number of anilines is 1. The maximum absolute atomic E-state index is 5.85. The van der Waals surface area contributed by atoms with E-state index in [0.29, 0.717) is 0 Å². The van der Waals surface area contributed by atoms with Crippen LogP contribution in [-0.2, 0) is 6.42 Å². The predicted molar refractivity (Wildman–Crippen MR) is 80.8 cm³/mol. The monoisotopic (exact) mass is 269 g/mol. The van der Waals surface area contributed by atoms with E-state index >= 15 is 0 Å². The molecular formula is C16H19N3O. The largest absolute Gasteiger partial charge is 0.464 e. The molecule has 104 valence electrons. The van der Waals surface area contributed by atoms with Gasteiger partial charge in [-0.3, -0.25) is 0 Å². The summed E-state index contributed by atoms with van der Waals surface area (Å²) in [6.45, 7) is 6.21. The number of fused-ring (bicyclic) bond motifs is 1. The molecule has 4 nitrogen and oxygen atoms in total. The number of imidazole rings is 1. The number of benzene rings is 1. The lowest BCUT2D eigenvalue weighted by atomic mass is 10.2. The minimum atomic E-state index is 0.118. The Morgan fingerprint density at radius 2 is 2.10 bits per heavy atom. The van der Waals surface area contributed by atoms with Crippen LogP contribution in [0.5, 0.6) is 0 Å². The highest BCUT2D eigenvalue weighted by Gasteiger charge is 2.18. The van der Waals surface area contributed by atoms with E-state index in [1.807, 2.05) is 37.3 Å². The second-order valence-electron chi connectivity index (χ2n) is 5.12. The summed E-state index contributed by atoms with van der Waals surface area (Å²) >= 11 is 0. The van der Waals surface area contributed by atoms with Gasteiger partial charge in [0.1, 0.15) is 17.3 Å². The molecule has 2 heterocycles. The van der Waals surface area contributed by atoms with Crippen molar-refractivity contribution >= 4 is 16.7 Å². The van der Waals surface area contributed by atoms with Gasteiger partial charge in [-0.2, -0.15) is 0 Å². The standard InChI is InChI=1S/C16H19N3O/c1-4-16-18-13-9-12(17)6-7-14(13)19(16)11(3)15-8-5-10(2)20-15/h5-9,11H,4,17H2,1-3H3. The number of hydrogen-bond acceptors (Lipinski definition) is 3. The van der Waals surface area contributed by atoms with Gasteiger partial charge < -0.3 is 14.7 Å². The van der Waals surface area contributed by atoms with Gasteiger partial charge in [-0.05, 0) is 44.2 Å². The van der Waals surface area contributed by atoms with Gasteiger partial charge in [0.15, 0.2) is 0 Å². The molecule has 4 heteroatoms. The second-order valence-corrected chi connectivity index (χ2v) is 5.12. The van der Waals surface area contributed by atoms with Crippen molar-refractivity contribution in [1.82, 2.24) is 9.55 Å². The highest BCUT2D eigenvalue weighted by atomic mass is 16.3. The molecule has 1 atom stereocenters. The number of hydrogen-bond donors (Lipinski definition) is 1. The molecule has 0 amide bonds. The maximum atomic E-state index is 5.85. The fraction of sp³-hybridized carbons (Fsp3) is 0.312. The zero-order chi connectivity index (χ0) is 14.3. The molecule has 3 aromatic rings. The van der Waals surface area contributed by atoms with Gasteiger partial charge in [0, 0.05) is 12.1 Å². The molecule has 0 aliphatic heterocycles. The van der Waals surface area contributed by atoms with Crippen LogP contribution < -0.4 is 5.73 Å². The first-order valence-electron chi connectivity index (χ1n) is 6.92. The minimum absolute atomic E-state index is 0.118. The molecule has 0 aliphatic carbocycles. The molecule has 2 N–H and O–H groups in total. The molecule has 0 fully saturated rings. The van der Waals surface area contributed by atoms with E-state index in [0.717, 1.165) is 40.5 Å². The molecule has 0 aliphatic rings. The van der Waals surface area contributed by atoms with Gasteiger partial charge in [0.2, 0.25) is 0 Å². The molecule has 0 saturated carbocycles. The van der Waals surface area contributed by atoms with E-state index in [-0.39, 0.29) is 6.04 Å². The summed E-state index contributed by atoms with van der Waals surface area (Å²) in [6, 6.07) is 10.0. The summed E-state index contributed by atoms with van der Waals surface area (Å²) < 4.78 is 8.00. The Morgan fingerprint density at radius 3 is 2.75 bits per heavy atom. The first kappa shape index (κ1) is 12.8. The number of nitrogens with zero attached hydrogens (tertiary/aromatic N) is 2. The fourth-order valence-corrected chi connectivity index (χ4v) is 2.65. The number of nitrogen functional groups attached to an aromatic ring is 1. The molecule has 0 spiro atoms. The first-order valence-corrected chi connectivity index (χ1v) is 6.92. The highest BCUT2D eigenvalue weighted by Crippen LogP contribution is 2.28. The maximum Gasteiger partial charge on any atom is 0.126 e. The van der Waals surface area contributed by atoms with Crippen LogP contribution in [0.15, 0.2) is 34.7 Å². The Balaban J connectivity index is 2.18. The predicted octanol–water partition coefficient (Wildman–Crippen LogP) is 3.69. The molecule has 3 rings (SSSR count).